The Kier molecular flexibility index (Phi) is 6.59. The zero-order valence-electron chi connectivity index (χ0n) is 8.82. The van der Waals surface area contributed by atoms with Gasteiger partial charge in [0.25, 0.3) is 0 Å². The molecule has 0 aromatic rings. The molecule has 0 rings (SSSR count). The highest BCUT2D eigenvalue weighted by molar-refractivity contribution is 5.96. The Bertz CT molecular complexity index is 222. The van der Waals surface area contributed by atoms with Crippen LogP contribution in [0.1, 0.15) is 6.92 Å². The number of amides is 3. The molecule has 88 valence electrons. The van der Waals surface area contributed by atoms with Crippen molar-refractivity contribution in [1.29, 1.82) is 0 Å². The first-order chi connectivity index (χ1) is 6.97. The van der Waals surface area contributed by atoms with Crippen LogP contribution in [0.4, 0.5) is 4.79 Å². The van der Waals surface area contributed by atoms with Crippen molar-refractivity contribution in [2.24, 2.45) is 5.73 Å². The van der Waals surface area contributed by atoms with Crippen molar-refractivity contribution in [3.05, 3.63) is 0 Å². The van der Waals surface area contributed by atoms with E-state index in [4.69, 9.17) is 10.5 Å². The zero-order chi connectivity index (χ0) is 11.8. The molecule has 0 aliphatic carbocycles. The molecule has 15 heavy (non-hydrogen) atoms. The Morgan fingerprint density at radius 2 is 2.13 bits per heavy atom. The fourth-order valence-electron chi connectivity index (χ4n) is 0.887. The summed E-state index contributed by atoms with van der Waals surface area (Å²) in [5, 5.41) is 13.9. The second-order valence-corrected chi connectivity index (χ2v) is 3.09. The van der Waals surface area contributed by atoms with Crippen molar-refractivity contribution < 1.29 is 19.4 Å². The molecule has 0 saturated heterocycles. The Balaban J connectivity index is 3.77. The van der Waals surface area contributed by atoms with Gasteiger partial charge in [-0.25, -0.2) is 4.79 Å². The number of methoxy groups -OCH3 is 1. The summed E-state index contributed by atoms with van der Waals surface area (Å²) in [5.74, 6) is -0.535. The number of aliphatic hydroxyl groups excluding tert-OH is 1. The summed E-state index contributed by atoms with van der Waals surface area (Å²) in [6.07, 6.45) is -0.696. The van der Waals surface area contributed by atoms with E-state index >= 15 is 0 Å². The fraction of sp³-hybridized carbons (Fsp3) is 0.750. The van der Waals surface area contributed by atoms with Crippen LogP contribution in [0.3, 0.4) is 0 Å². The van der Waals surface area contributed by atoms with E-state index in [1.807, 2.05) is 5.32 Å². The maximum atomic E-state index is 11.1. The van der Waals surface area contributed by atoms with Gasteiger partial charge >= 0.3 is 6.03 Å². The van der Waals surface area contributed by atoms with E-state index in [0.29, 0.717) is 0 Å². The first-order valence-corrected chi connectivity index (χ1v) is 4.48. The van der Waals surface area contributed by atoms with Gasteiger partial charge in [-0.15, -0.1) is 0 Å². The van der Waals surface area contributed by atoms with Gasteiger partial charge in [0.2, 0.25) is 5.91 Å². The molecule has 5 N–H and O–H groups in total. The summed E-state index contributed by atoms with van der Waals surface area (Å²) in [6.45, 7) is 1.93. The van der Waals surface area contributed by atoms with Crippen molar-refractivity contribution in [2.75, 3.05) is 20.3 Å². The Morgan fingerprint density at radius 1 is 1.53 bits per heavy atom. The highest BCUT2D eigenvalue weighted by Crippen LogP contribution is 1.86. The normalized spacial score (nSPS) is 14.3. The summed E-state index contributed by atoms with van der Waals surface area (Å²) in [5.41, 5.74) is 4.77. The molecule has 0 bridgehead atoms. The van der Waals surface area contributed by atoms with E-state index in [-0.39, 0.29) is 13.2 Å². The van der Waals surface area contributed by atoms with Gasteiger partial charge in [0.05, 0.1) is 18.8 Å². The van der Waals surface area contributed by atoms with Gasteiger partial charge in [-0.1, -0.05) is 0 Å². The molecule has 0 saturated carbocycles. The standard InChI is InChI=1S/C8H17N3O4/c1-5(7(13)11-8(9)14)10-3-6(12)4-15-2/h5-6,10,12H,3-4H2,1-2H3,(H3,9,11,13,14). The average Bonchev–Trinajstić information content (AvgIpc) is 2.13. The minimum atomic E-state index is -0.897. The average molecular weight is 219 g/mol. The highest BCUT2D eigenvalue weighted by Gasteiger charge is 2.14. The lowest BCUT2D eigenvalue weighted by Crippen LogP contribution is -2.48. The third-order valence-corrected chi connectivity index (χ3v) is 1.66. The van der Waals surface area contributed by atoms with Gasteiger partial charge in [-0.3, -0.25) is 10.1 Å². The van der Waals surface area contributed by atoms with Crippen LogP contribution in [0, 0.1) is 0 Å². The van der Waals surface area contributed by atoms with E-state index in [1.54, 1.807) is 6.92 Å². The summed E-state index contributed by atoms with van der Waals surface area (Å²) < 4.78 is 4.70. The van der Waals surface area contributed by atoms with Crippen LogP contribution in [-0.4, -0.2) is 49.5 Å². The lowest BCUT2D eigenvalue weighted by Gasteiger charge is -2.15. The molecule has 0 radical (unpaired) electrons. The van der Waals surface area contributed by atoms with E-state index in [1.165, 1.54) is 7.11 Å². The third-order valence-electron chi connectivity index (χ3n) is 1.66. The van der Waals surface area contributed by atoms with E-state index in [9.17, 15) is 14.7 Å². The van der Waals surface area contributed by atoms with Crippen LogP contribution < -0.4 is 16.4 Å². The second-order valence-electron chi connectivity index (χ2n) is 3.09. The van der Waals surface area contributed by atoms with Gasteiger partial charge < -0.3 is 20.9 Å². The monoisotopic (exact) mass is 219 g/mol. The predicted molar refractivity (Wildman–Crippen MR) is 53.1 cm³/mol. The van der Waals surface area contributed by atoms with E-state index in [0.717, 1.165) is 0 Å². The predicted octanol–water partition coefficient (Wildman–Crippen LogP) is -1.83. The number of rotatable bonds is 6. The van der Waals surface area contributed by atoms with Crippen molar-refractivity contribution >= 4 is 11.9 Å². The molecule has 7 nitrogen and oxygen atoms in total. The first-order valence-electron chi connectivity index (χ1n) is 4.48. The van der Waals surface area contributed by atoms with Crippen molar-refractivity contribution in [3.63, 3.8) is 0 Å². The zero-order valence-corrected chi connectivity index (χ0v) is 8.82. The molecule has 2 unspecified atom stereocenters. The molecule has 0 heterocycles. The largest absolute Gasteiger partial charge is 0.389 e. The Labute approximate surface area is 88.0 Å². The highest BCUT2D eigenvalue weighted by atomic mass is 16.5. The van der Waals surface area contributed by atoms with Crippen LogP contribution in [0.25, 0.3) is 0 Å². The maximum Gasteiger partial charge on any atom is 0.318 e. The number of imide groups is 1. The minimum Gasteiger partial charge on any atom is -0.389 e. The Hall–Kier alpha value is -1.18. The van der Waals surface area contributed by atoms with Crippen LogP contribution >= 0.6 is 0 Å². The topological polar surface area (TPSA) is 114 Å². The van der Waals surface area contributed by atoms with Gasteiger partial charge in [0, 0.05) is 13.7 Å². The quantitative estimate of drug-likeness (QED) is 0.419. The summed E-state index contributed by atoms with van der Waals surface area (Å²) in [6, 6.07) is -1.50. The minimum absolute atomic E-state index is 0.178. The number of nitrogens with one attached hydrogen (secondary N) is 2. The summed E-state index contributed by atoms with van der Waals surface area (Å²) in [4.78, 5) is 21.5. The molecule has 0 spiro atoms. The van der Waals surface area contributed by atoms with Crippen LogP contribution in [0.2, 0.25) is 0 Å². The third kappa shape index (κ3) is 6.83. The second kappa shape index (κ2) is 7.16. The van der Waals surface area contributed by atoms with Gasteiger partial charge in [-0.2, -0.15) is 0 Å². The number of ether oxygens (including phenoxy) is 1. The van der Waals surface area contributed by atoms with Gasteiger partial charge in [0.1, 0.15) is 0 Å². The molecular formula is C8H17N3O4. The number of hydrogen-bond acceptors (Lipinski definition) is 5. The SMILES string of the molecule is COCC(O)CNC(C)C(=O)NC(N)=O. The molecule has 2 atom stereocenters. The van der Waals surface area contributed by atoms with E-state index < -0.39 is 24.1 Å². The van der Waals surface area contributed by atoms with Crippen molar-refractivity contribution in [2.45, 2.75) is 19.1 Å². The number of carbonyl (C=O) groups excluding carboxylic acids is 2. The number of urea groups is 1. The van der Waals surface area contributed by atoms with Crippen molar-refractivity contribution in [1.82, 2.24) is 10.6 Å². The van der Waals surface area contributed by atoms with E-state index in [2.05, 4.69) is 5.32 Å². The lowest BCUT2D eigenvalue weighted by atomic mass is 10.3. The summed E-state index contributed by atoms with van der Waals surface area (Å²) in [7, 11) is 1.46. The van der Waals surface area contributed by atoms with Crippen molar-refractivity contribution in [3.8, 4) is 0 Å². The number of nitrogens with two attached hydrogens (primary N) is 1. The number of aliphatic hydroxyl groups is 1. The van der Waals surface area contributed by atoms with Crippen LogP contribution in [0.5, 0.6) is 0 Å². The molecule has 3 amide bonds. The molecule has 0 aromatic heterocycles. The first kappa shape index (κ1) is 13.8. The molecule has 7 heteroatoms. The lowest BCUT2D eigenvalue weighted by molar-refractivity contribution is -0.121. The smallest absolute Gasteiger partial charge is 0.318 e. The Morgan fingerprint density at radius 3 is 2.60 bits per heavy atom. The molecule has 0 aliphatic rings. The maximum absolute atomic E-state index is 11.1. The molecular weight excluding hydrogens is 202 g/mol. The molecule has 0 fully saturated rings. The number of hydrogen-bond donors (Lipinski definition) is 4. The van der Waals surface area contributed by atoms with Crippen LogP contribution in [-0.2, 0) is 9.53 Å². The summed E-state index contributed by atoms with van der Waals surface area (Å²) >= 11 is 0. The number of primary amides is 1. The van der Waals surface area contributed by atoms with Gasteiger partial charge in [0.15, 0.2) is 0 Å². The molecule has 0 aliphatic heterocycles. The van der Waals surface area contributed by atoms with Crippen LogP contribution in [0.15, 0.2) is 0 Å². The number of carbonyl (C=O) groups is 2. The molecule has 0 aromatic carbocycles. The van der Waals surface area contributed by atoms with Gasteiger partial charge in [-0.05, 0) is 6.92 Å². The fourth-order valence-corrected chi connectivity index (χ4v) is 0.887.